The van der Waals surface area contributed by atoms with E-state index in [1.165, 1.54) is 27.5 Å². The van der Waals surface area contributed by atoms with Crippen LogP contribution in [0, 0.1) is 11.8 Å². The summed E-state index contributed by atoms with van der Waals surface area (Å²) in [5.41, 5.74) is 4.88. The molecule has 0 fully saturated rings. The number of methoxy groups -OCH3 is 1. The first-order valence-electron chi connectivity index (χ1n) is 9.48. The average Bonchev–Trinajstić information content (AvgIpc) is 2.75. The first-order valence-corrected chi connectivity index (χ1v) is 9.48. The molecule has 0 saturated heterocycles. The second kappa shape index (κ2) is 8.46. The summed E-state index contributed by atoms with van der Waals surface area (Å²) in [5, 5.41) is 2.48. The Kier molecular flexibility index (Phi) is 5.41. The van der Waals surface area contributed by atoms with Gasteiger partial charge in [-0.3, -0.25) is 0 Å². The summed E-state index contributed by atoms with van der Waals surface area (Å²) >= 11 is 0. The van der Waals surface area contributed by atoms with Gasteiger partial charge in [0.05, 0.1) is 7.11 Å². The molecule has 0 saturated carbocycles. The molecule has 0 N–H and O–H groups in total. The van der Waals surface area contributed by atoms with Crippen LogP contribution < -0.4 is 4.74 Å². The summed E-state index contributed by atoms with van der Waals surface area (Å²) in [6.07, 6.45) is 1.68. The van der Waals surface area contributed by atoms with E-state index in [-0.39, 0.29) is 0 Å². The Balaban J connectivity index is 1.53. The van der Waals surface area contributed by atoms with Crippen molar-refractivity contribution in [2.75, 3.05) is 7.11 Å². The molecule has 28 heavy (non-hydrogen) atoms. The van der Waals surface area contributed by atoms with Crippen LogP contribution in [0.3, 0.4) is 0 Å². The van der Waals surface area contributed by atoms with E-state index in [1.54, 1.807) is 7.11 Å². The zero-order valence-corrected chi connectivity index (χ0v) is 16.0. The van der Waals surface area contributed by atoms with Gasteiger partial charge in [0.25, 0.3) is 0 Å². The zero-order chi connectivity index (χ0) is 19.2. The van der Waals surface area contributed by atoms with Crippen molar-refractivity contribution in [2.45, 2.75) is 12.8 Å². The molecular formula is C27H22O. The third-order valence-corrected chi connectivity index (χ3v) is 4.84. The topological polar surface area (TPSA) is 9.23 Å². The van der Waals surface area contributed by atoms with Gasteiger partial charge in [-0.15, -0.1) is 0 Å². The van der Waals surface area contributed by atoms with E-state index in [4.69, 9.17) is 4.74 Å². The molecule has 0 heterocycles. The van der Waals surface area contributed by atoms with Crippen molar-refractivity contribution in [1.82, 2.24) is 0 Å². The Morgan fingerprint density at radius 1 is 0.679 bits per heavy atom. The van der Waals surface area contributed by atoms with Crippen molar-refractivity contribution in [1.29, 1.82) is 0 Å². The van der Waals surface area contributed by atoms with E-state index in [0.29, 0.717) is 0 Å². The Labute approximate surface area is 166 Å². The molecule has 0 aliphatic carbocycles. The lowest BCUT2D eigenvalue weighted by Crippen LogP contribution is -1.89. The largest absolute Gasteiger partial charge is 0.497 e. The van der Waals surface area contributed by atoms with Crippen LogP contribution in [0.25, 0.3) is 10.8 Å². The van der Waals surface area contributed by atoms with Crippen LogP contribution in [-0.2, 0) is 12.8 Å². The van der Waals surface area contributed by atoms with Gasteiger partial charge < -0.3 is 4.74 Å². The summed E-state index contributed by atoms with van der Waals surface area (Å²) in [7, 11) is 1.69. The van der Waals surface area contributed by atoms with Crippen LogP contribution in [0.15, 0.2) is 91.0 Å². The summed E-state index contributed by atoms with van der Waals surface area (Å²) < 4.78 is 5.24. The molecule has 0 atom stereocenters. The van der Waals surface area contributed by atoms with Crippen molar-refractivity contribution in [3.8, 4) is 17.6 Å². The van der Waals surface area contributed by atoms with Gasteiger partial charge >= 0.3 is 0 Å². The van der Waals surface area contributed by atoms with Crippen molar-refractivity contribution >= 4 is 10.8 Å². The number of rotatable bonds is 4. The standard InChI is InChI=1S/C27H22O/c1-28-27-16-12-23(13-17-27)18-24-11-15-25-14-10-22(19-26(25)20-24)9-5-8-21-6-3-2-4-7-21/h2-4,6-7,10-17,19-20H,8,18H2,1H3. The van der Waals surface area contributed by atoms with E-state index in [1.807, 2.05) is 18.2 Å². The summed E-state index contributed by atoms with van der Waals surface area (Å²) in [6.45, 7) is 0. The predicted molar refractivity (Wildman–Crippen MR) is 117 cm³/mol. The van der Waals surface area contributed by atoms with Crippen LogP contribution in [0.4, 0.5) is 0 Å². The van der Waals surface area contributed by atoms with Gasteiger partial charge in [-0.25, -0.2) is 0 Å². The van der Waals surface area contributed by atoms with Gasteiger partial charge in [-0.2, -0.15) is 0 Å². The molecule has 0 spiro atoms. The van der Waals surface area contributed by atoms with Crippen LogP contribution in [0.2, 0.25) is 0 Å². The molecule has 4 aromatic carbocycles. The minimum atomic E-state index is 0.774. The molecule has 0 aliphatic heterocycles. The van der Waals surface area contributed by atoms with Crippen LogP contribution >= 0.6 is 0 Å². The lowest BCUT2D eigenvalue weighted by atomic mass is 10.00. The molecule has 4 aromatic rings. The highest BCUT2D eigenvalue weighted by Gasteiger charge is 2.01. The molecule has 1 heteroatoms. The lowest BCUT2D eigenvalue weighted by molar-refractivity contribution is 0.414. The van der Waals surface area contributed by atoms with Crippen LogP contribution in [0.1, 0.15) is 22.3 Å². The molecule has 0 aromatic heterocycles. The number of fused-ring (bicyclic) bond motifs is 1. The first-order chi connectivity index (χ1) is 13.8. The smallest absolute Gasteiger partial charge is 0.118 e. The maximum absolute atomic E-state index is 5.24. The molecule has 0 amide bonds. The normalized spacial score (nSPS) is 10.3. The SMILES string of the molecule is COc1ccc(Cc2ccc3ccc(C#CCc4ccccc4)cc3c2)cc1. The van der Waals surface area contributed by atoms with Gasteiger partial charge in [-0.05, 0) is 58.1 Å². The molecule has 0 bridgehead atoms. The van der Waals surface area contributed by atoms with Crippen molar-refractivity contribution < 1.29 is 4.74 Å². The predicted octanol–water partition coefficient (Wildman–Crippen LogP) is 6.03. The zero-order valence-electron chi connectivity index (χ0n) is 16.0. The van der Waals surface area contributed by atoms with Gasteiger partial charge in [-0.1, -0.05) is 78.6 Å². The monoisotopic (exact) mass is 362 g/mol. The average molecular weight is 362 g/mol. The molecule has 4 rings (SSSR count). The molecule has 136 valence electrons. The Morgan fingerprint density at radius 3 is 2.21 bits per heavy atom. The number of ether oxygens (including phenoxy) is 1. The fourth-order valence-corrected chi connectivity index (χ4v) is 3.31. The second-order valence-corrected chi connectivity index (χ2v) is 6.89. The van der Waals surface area contributed by atoms with Gasteiger partial charge in [0.1, 0.15) is 5.75 Å². The molecule has 0 radical (unpaired) electrons. The quantitative estimate of drug-likeness (QED) is 0.403. The van der Waals surface area contributed by atoms with Crippen molar-refractivity contribution in [2.24, 2.45) is 0 Å². The number of hydrogen-bond donors (Lipinski definition) is 0. The third-order valence-electron chi connectivity index (χ3n) is 4.84. The van der Waals surface area contributed by atoms with Crippen LogP contribution in [0.5, 0.6) is 5.75 Å². The summed E-state index contributed by atoms with van der Waals surface area (Å²) in [6, 6.07) is 31.7. The molecule has 0 unspecified atom stereocenters. The first kappa shape index (κ1) is 17.9. The fraction of sp³-hybridized carbons (Fsp3) is 0.111. The highest BCUT2D eigenvalue weighted by Crippen LogP contribution is 2.21. The molecular weight excluding hydrogens is 340 g/mol. The van der Waals surface area contributed by atoms with Crippen molar-refractivity contribution in [3.05, 3.63) is 113 Å². The molecule has 1 nitrogen and oxygen atoms in total. The second-order valence-electron chi connectivity index (χ2n) is 6.89. The fourth-order valence-electron chi connectivity index (χ4n) is 3.31. The Hall–Kier alpha value is -3.50. The maximum atomic E-state index is 5.24. The van der Waals surface area contributed by atoms with E-state index < -0.39 is 0 Å². The van der Waals surface area contributed by atoms with Gasteiger partial charge in [0, 0.05) is 12.0 Å². The lowest BCUT2D eigenvalue weighted by Gasteiger charge is -2.06. The Morgan fingerprint density at radius 2 is 1.43 bits per heavy atom. The van der Waals surface area contributed by atoms with Crippen LogP contribution in [-0.4, -0.2) is 7.11 Å². The molecule has 0 aliphatic rings. The van der Waals surface area contributed by atoms with E-state index in [2.05, 4.69) is 84.6 Å². The minimum absolute atomic E-state index is 0.774. The van der Waals surface area contributed by atoms with E-state index >= 15 is 0 Å². The van der Waals surface area contributed by atoms with Gasteiger partial charge in [0.2, 0.25) is 0 Å². The minimum Gasteiger partial charge on any atom is -0.497 e. The highest BCUT2D eigenvalue weighted by atomic mass is 16.5. The summed E-state index contributed by atoms with van der Waals surface area (Å²) in [5.74, 6) is 7.48. The Bertz CT molecular complexity index is 1130. The number of benzene rings is 4. The highest BCUT2D eigenvalue weighted by molar-refractivity contribution is 5.84. The number of hydrogen-bond acceptors (Lipinski definition) is 1. The third kappa shape index (κ3) is 4.42. The van der Waals surface area contributed by atoms with Gasteiger partial charge in [0.15, 0.2) is 0 Å². The van der Waals surface area contributed by atoms with Crippen molar-refractivity contribution in [3.63, 3.8) is 0 Å². The summed E-state index contributed by atoms with van der Waals surface area (Å²) in [4.78, 5) is 0. The van der Waals surface area contributed by atoms with E-state index in [9.17, 15) is 0 Å². The maximum Gasteiger partial charge on any atom is 0.118 e. The van der Waals surface area contributed by atoms with E-state index in [0.717, 1.165) is 24.2 Å².